The van der Waals surface area contributed by atoms with Crippen LogP contribution in [0.2, 0.25) is 0 Å². The maximum Gasteiger partial charge on any atom is 0.187 e. The lowest BCUT2D eigenvalue weighted by Crippen LogP contribution is -2.16. The van der Waals surface area contributed by atoms with Crippen molar-refractivity contribution in [2.24, 2.45) is 10.9 Å². The van der Waals surface area contributed by atoms with E-state index >= 15 is 0 Å². The van der Waals surface area contributed by atoms with Gasteiger partial charge < -0.3 is 10.3 Å². The minimum Gasteiger partial charge on any atom is -0.358 e. The lowest BCUT2D eigenvalue weighted by molar-refractivity contribution is 0.559. The van der Waals surface area contributed by atoms with E-state index in [0.29, 0.717) is 12.5 Å². The van der Waals surface area contributed by atoms with Crippen molar-refractivity contribution >= 4 is 17.6 Å². The van der Waals surface area contributed by atoms with Crippen LogP contribution in [-0.4, -0.2) is 17.7 Å². The molecular weight excluding hydrogens is 301 g/mol. The van der Waals surface area contributed by atoms with Crippen LogP contribution in [0.1, 0.15) is 40.3 Å². The van der Waals surface area contributed by atoms with Gasteiger partial charge in [0, 0.05) is 18.5 Å². The number of halogens is 1. The van der Waals surface area contributed by atoms with E-state index < -0.39 is 0 Å². The van der Waals surface area contributed by atoms with Gasteiger partial charge in [-0.2, -0.15) is 4.39 Å². The standard InChI is InChI=1S/C20H26FN3/c1-6-16(15(5)14(4)13(2)3)11-23-20-10-8-18(24-20)17-7-9-19(21)22-12-17/h6-11,13,22,24H,12H2,1-5H3/b15-14+,16-6+,23-11?. The number of aromatic amines is 1. The molecule has 0 fully saturated rings. The van der Waals surface area contributed by atoms with Crippen LogP contribution in [0.25, 0.3) is 5.57 Å². The molecule has 0 saturated carbocycles. The molecule has 0 saturated heterocycles. The maximum absolute atomic E-state index is 13.0. The quantitative estimate of drug-likeness (QED) is 0.421. The smallest absolute Gasteiger partial charge is 0.187 e. The van der Waals surface area contributed by atoms with Crippen LogP contribution < -0.4 is 5.32 Å². The molecular formula is C20H26FN3. The van der Waals surface area contributed by atoms with Gasteiger partial charge >= 0.3 is 0 Å². The highest BCUT2D eigenvalue weighted by molar-refractivity contribution is 5.86. The summed E-state index contributed by atoms with van der Waals surface area (Å²) < 4.78 is 13.0. The summed E-state index contributed by atoms with van der Waals surface area (Å²) >= 11 is 0. The highest BCUT2D eigenvalue weighted by Gasteiger charge is 2.09. The molecule has 0 radical (unpaired) electrons. The summed E-state index contributed by atoms with van der Waals surface area (Å²) in [4.78, 5) is 7.82. The lowest BCUT2D eigenvalue weighted by atomic mass is 9.95. The number of nitrogens with zero attached hydrogens (tertiary/aromatic N) is 1. The molecule has 1 aromatic rings. The van der Waals surface area contributed by atoms with Gasteiger partial charge in [0.15, 0.2) is 5.95 Å². The second-order valence-corrected chi connectivity index (χ2v) is 6.28. The predicted molar refractivity (Wildman–Crippen MR) is 101 cm³/mol. The summed E-state index contributed by atoms with van der Waals surface area (Å²) in [6.45, 7) is 11.2. The molecule has 1 aromatic heterocycles. The number of allylic oxidation sites excluding steroid dienone is 6. The second kappa shape index (κ2) is 7.95. The SMILES string of the molecule is C/C=C(C=Nc1ccc(C2=CC=C(F)NC2)[nH]1)/C(C)=C(\C)C(C)C. The Hall–Kier alpha value is -2.36. The first kappa shape index (κ1) is 18.0. The first-order valence-electron chi connectivity index (χ1n) is 8.30. The molecule has 0 bridgehead atoms. The Morgan fingerprint density at radius 3 is 2.58 bits per heavy atom. The fourth-order valence-corrected chi connectivity index (χ4v) is 2.49. The van der Waals surface area contributed by atoms with E-state index in [4.69, 9.17) is 0 Å². The third-order valence-electron chi connectivity index (χ3n) is 4.44. The minimum absolute atomic E-state index is 0.302. The van der Waals surface area contributed by atoms with Crippen LogP contribution in [0.4, 0.5) is 10.2 Å². The largest absolute Gasteiger partial charge is 0.358 e. The van der Waals surface area contributed by atoms with Gasteiger partial charge in [-0.05, 0) is 61.6 Å². The highest BCUT2D eigenvalue weighted by Crippen LogP contribution is 2.22. The average molecular weight is 327 g/mol. The Bertz CT molecular complexity index is 743. The number of aliphatic imine (C=N–C) groups is 1. The Labute approximate surface area is 143 Å². The number of nitrogens with one attached hydrogen (secondary N) is 2. The van der Waals surface area contributed by atoms with Crippen LogP contribution in [0.15, 0.2) is 58.0 Å². The molecule has 1 aliphatic heterocycles. The van der Waals surface area contributed by atoms with Crippen LogP contribution in [0.5, 0.6) is 0 Å². The van der Waals surface area contributed by atoms with E-state index in [1.165, 1.54) is 17.2 Å². The molecule has 0 spiro atoms. The Morgan fingerprint density at radius 2 is 2.00 bits per heavy atom. The second-order valence-electron chi connectivity index (χ2n) is 6.28. The van der Waals surface area contributed by atoms with Crippen molar-refractivity contribution in [1.82, 2.24) is 10.3 Å². The third kappa shape index (κ3) is 4.34. The van der Waals surface area contributed by atoms with Crippen molar-refractivity contribution in [3.8, 4) is 0 Å². The summed E-state index contributed by atoms with van der Waals surface area (Å²) in [6, 6.07) is 3.90. The molecule has 1 aliphatic rings. The maximum atomic E-state index is 13.0. The Kier molecular flexibility index (Phi) is 5.96. The average Bonchev–Trinajstić information content (AvgIpc) is 3.04. The van der Waals surface area contributed by atoms with Crippen molar-refractivity contribution in [1.29, 1.82) is 0 Å². The van der Waals surface area contributed by atoms with Gasteiger partial charge in [-0.15, -0.1) is 0 Å². The zero-order chi connectivity index (χ0) is 17.7. The van der Waals surface area contributed by atoms with Gasteiger partial charge in [-0.3, -0.25) is 0 Å². The molecule has 2 rings (SSSR count). The van der Waals surface area contributed by atoms with Crippen LogP contribution in [-0.2, 0) is 0 Å². The van der Waals surface area contributed by atoms with Crippen molar-refractivity contribution in [2.75, 3.05) is 6.54 Å². The fraction of sp³-hybridized carbons (Fsp3) is 0.350. The van der Waals surface area contributed by atoms with E-state index in [9.17, 15) is 4.39 Å². The number of aromatic nitrogens is 1. The summed E-state index contributed by atoms with van der Waals surface area (Å²) in [6.07, 6.45) is 7.18. The van der Waals surface area contributed by atoms with Gasteiger partial charge in [-0.1, -0.05) is 31.6 Å². The van der Waals surface area contributed by atoms with Gasteiger partial charge in [-0.25, -0.2) is 4.99 Å². The topological polar surface area (TPSA) is 40.2 Å². The lowest BCUT2D eigenvalue weighted by Gasteiger charge is -2.11. The van der Waals surface area contributed by atoms with E-state index in [2.05, 4.69) is 49.1 Å². The minimum atomic E-state index is -0.302. The normalized spacial score (nSPS) is 16.9. The molecule has 0 amide bonds. The van der Waals surface area contributed by atoms with E-state index in [1.54, 1.807) is 6.08 Å². The zero-order valence-corrected chi connectivity index (χ0v) is 15.1. The van der Waals surface area contributed by atoms with Gasteiger partial charge in [0.05, 0.1) is 0 Å². The number of H-pyrrole nitrogens is 1. The van der Waals surface area contributed by atoms with Crippen molar-refractivity contribution in [3.63, 3.8) is 0 Å². The van der Waals surface area contributed by atoms with E-state index in [0.717, 1.165) is 22.7 Å². The van der Waals surface area contributed by atoms with Crippen LogP contribution in [0.3, 0.4) is 0 Å². The predicted octanol–water partition coefficient (Wildman–Crippen LogP) is 5.45. The van der Waals surface area contributed by atoms with Crippen molar-refractivity contribution < 1.29 is 4.39 Å². The molecule has 2 heterocycles. The first-order chi connectivity index (χ1) is 11.4. The van der Waals surface area contributed by atoms with Crippen molar-refractivity contribution in [2.45, 2.75) is 34.6 Å². The first-order valence-corrected chi connectivity index (χ1v) is 8.30. The molecule has 0 aliphatic carbocycles. The van der Waals surface area contributed by atoms with Crippen LogP contribution in [0, 0.1) is 5.92 Å². The fourth-order valence-electron chi connectivity index (χ4n) is 2.49. The Balaban J connectivity index is 2.17. The number of hydrogen-bond acceptors (Lipinski definition) is 2. The summed E-state index contributed by atoms with van der Waals surface area (Å²) in [5.41, 5.74) is 5.72. The summed E-state index contributed by atoms with van der Waals surface area (Å²) in [5, 5.41) is 2.69. The summed E-state index contributed by atoms with van der Waals surface area (Å²) in [7, 11) is 0. The molecule has 24 heavy (non-hydrogen) atoms. The Morgan fingerprint density at radius 1 is 1.25 bits per heavy atom. The van der Waals surface area contributed by atoms with E-state index in [-0.39, 0.29) is 5.95 Å². The van der Waals surface area contributed by atoms with E-state index in [1.807, 2.05) is 25.3 Å². The highest BCUT2D eigenvalue weighted by atomic mass is 19.1. The molecule has 2 N–H and O–H groups in total. The molecule has 4 heteroatoms. The monoisotopic (exact) mass is 327 g/mol. The summed E-state index contributed by atoms with van der Waals surface area (Å²) in [5.74, 6) is 1.00. The molecule has 128 valence electrons. The van der Waals surface area contributed by atoms with Crippen LogP contribution >= 0.6 is 0 Å². The third-order valence-corrected chi connectivity index (χ3v) is 4.44. The molecule has 0 atom stereocenters. The van der Waals surface area contributed by atoms with Crippen molar-refractivity contribution in [3.05, 3.63) is 58.7 Å². The molecule has 0 aromatic carbocycles. The number of hydrogen-bond donors (Lipinski definition) is 2. The number of dihydropyridines is 1. The van der Waals surface area contributed by atoms with Gasteiger partial charge in [0.25, 0.3) is 0 Å². The van der Waals surface area contributed by atoms with Gasteiger partial charge in [0.1, 0.15) is 5.82 Å². The molecule has 3 nitrogen and oxygen atoms in total. The zero-order valence-electron chi connectivity index (χ0n) is 15.1. The van der Waals surface area contributed by atoms with Gasteiger partial charge in [0.2, 0.25) is 0 Å². The number of rotatable bonds is 5. The molecule has 0 unspecified atom stereocenters.